The molecule has 2 unspecified atom stereocenters. The zero-order chi connectivity index (χ0) is 13.2. The maximum Gasteiger partial charge on any atom is 0.238 e. The molecule has 104 valence electrons. The first-order valence-corrected chi connectivity index (χ1v) is 8.23. The van der Waals surface area contributed by atoms with Crippen molar-refractivity contribution in [2.45, 2.75) is 55.6 Å². The fraction of sp³-hybridized carbons (Fsp3) is 0.917. The van der Waals surface area contributed by atoms with Crippen LogP contribution in [0, 0.1) is 0 Å². The Bertz CT molecular complexity index is 394. The monoisotopic (exact) mass is 275 g/mol. The highest BCUT2D eigenvalue weighted by Crippen LogP contribution is 2.21. The molecule has 2 atom stereocenters. The molecule has 0 aromatic heterocycles. The van der Waals surface area contributed by atoms with Crippen molar-refractivity contribution < 1.29 is 17.9 Å². The molecule has 6 heteroatoms. The van der Waals surface area contributed by atoms with Gasteiger partial charge in [-0.05, 0) is 26.2 Å². The van der Waals surface area contributed by atoms with Crippen LogP contribution in [-0.4, -0.2) is 44.1 Å². The lowest BCUT2D eigenvalue weighted by atomic mass is 10.2. The van der Waals surface area contributed by atoms with Crippen LogP contribution in [0.25, 0.3) is 0 Å². The largest absolute Gasteiger partial charge is 0.380 e. The Kier molecular flexibility index (Phi) is 4.27. The Morgan fingerprint density at radius 2 is 1.94 bits per heavy atom. The molecule has 0 bridgehead atoms. The number of sulfone groups is 1. The van der Waals surface area contributed by atoms with Gasteiger partial charge in [-0.2, -0.15) is 0 Å². The van der Waals surface area contributed by atoms with Gasteiger partial charge in [0, 0.05) is 12.6 Å². The van der Waals surface area contributed by atoms with E-state index in [-0.39, 0.29) is 18.6 Å². The van der Waals surface area contributed by atoms with Gasteiger partial charge in [0.15, 0.2) is 9.84 Å². The standard InChI is InChI=1S/C12H21NO4S/c1-9(12(14)13-10-4-2-3-5-10)18(15,16)11-6-7-17-8-11/h9-11H,2-8H2,1H3,(H,13,14). The molecule has 0 spiro atoms. The van der Waals surface area contributed by atoms with Gasteiger partial charge in [0.1, 0.15) is 5.25 Å². The third-order valence-corrected chi connectivity index (χ3v) is 6.42. The van der Waals surface area contributed by atoms with Crippen LogP contribution in [0.2, 0.25) is 0 Å². The van der Waals surface area contributed by atoms with E-state index < -0.39 is 20.3 Å². The van der Waals surface area contributed by atoms with Crippen molar-refractivity contribution in [2.24, 2.45) is 0 Å². The van der Waals surface area contributed by atoms with Crippen molar-refractivity contribution in [2.75, 3.05) is 13.2 Å². The number of rotatable bonds is 4. The molecule has 1 aliphatic carbocycles. The Morgan fingerprint density at radius 1 is 1.28 bits per heavy atom. The number of ether oxygens (including phenoxy) is 1. The predicted octanol–water partition coefficient (Wildman–Crippen LogP) is 0.637. The van der Waals surface area contributed by atoms with Crippen LogP contribution in [0.4, 0.5) is 0 Å². The molecule has 18 heavy (non-hydrogen) atoms. The summed E-state index contributed by atoms with van der Waals surface area (Å²) in [4.78, 5) is 12.0. The number of amides is 1. The number of nitrogens with one attached hydrogen (secondary N) is 1. The lowest BCUT2D eigenvalue weighted by Crippen LogP contribution is -2.45. The first-order valence-electron chi connectivity index (χ1n) is 6.62. The number of hydrogen-bond acceptors (Lipinski definition) is 4. The molecule has 1 heterocycles. The smallest absolute Gasteiger partial charge is 0.238 e. The van der Waals surface area contributed by atoms with E-state index in [0.29, 0.717) is 13.0 Å². The first-order chi connectivity index (χ1) is 8.51. The van der Waals surface area contributed by atoms with Crippen LogP contribution in [-0.2, 0) is 19.4 Å². The molecule has 0 aromatic rings. The normalized spacial score (nSPS) is 27.3. The summed E-state index contributed by atoms with van der Waals surface area (Å²) in [6.07, 6.45) is 4.66. The van der Waals surface area contributed by atoms with Gasteiger partial charge in [-0.3, -0.25) is 4.79 Å². The van der Waals surface area contributed by atoms with Crippen molar-refractivity contribution in [3.63, 3.8) is 0 Å². The van der Waals surface area contributed by atoms with Gasteiger partial charge in [0.2, 0.25) is 5.91 Å². The zero-order valence-corrected chi connectivity index (χ0v) is 11.5. The topological polar surface area (TPSA) is 72.5 Å². The number of carbonyl (C=O) groups excluding carboxylic acids is 1. The lowest BCUT2D eigenvalue weighted by Gasteiger charge is -2.19. The summed E-state index contributed by atoms with van der Waals surface area (Å²) >= 11 is 0. The molecular weight excluding hydrogens is 254 g/mol. The van der Waals surface area contributed by atoms with Gasteiger partial charge in [0.05, 0.1) is 11.9 Å². The Morgan fingerprint density at radius 3 is 2.50 bits per heavy atom. The van der Waals surface area contributed by atoms with Crippen LogP contribution in [0.15, 0.2) is 0 Å². The van der Waals surface area contributed by atoms with Gasteiger partial charge in [-0.25, -0.2) is 8.42 Å². The van der Waals surface area contributed by atoms with Crippen LogP contribution in [0.1, 0.15) is 39.0 Å². The molecule has 2 rings (SSSR count). The summed E-state index contributed by atoms with van der Waals surface area (Å²) in [5, 5.41) is 1.37. The maximum absolute atomic E-state index is 12.2. The second kappa shape index (κ2) is 5.57. The molecule has 2 aliphatic rings. The second-order valence-corrected chi connectivity index (χ2v) is 7.76. The average Bonchev–Trinajstić information content (AvgIpc) is 3.00. The molecule has 1 aliphatic heterocycles. The van der Waals surface area contributed by atoms with Gasteiger partial charge < -0.3 is 10.1 Å². The predicted molar refractivity (Wildman–Crippen MR) is 68.0 cm³/mol. The molecule has 0 radical (unpaired) electrons. The third-order valence-electron chi connectivity index (χ3n) is 3.92. The van der Waals surface area contributed by atoms with Gasteiger partial charge >= 0.3 is 0 Å². The Hall–Kier alpha value is -0.620. The zero-order valence-electron chi connectivity index (χ0n) is 10.7. The van der Waals surface area contributed by atoms with Crippen LogP contribution < -0.4 is 5.32 Å². The molecule has 2 fully saturated rings. The molecule has 1 N–H and O–H groups in total. The van der Waals surface area contributed by atoms with E-state index in [1.807, 2.05) is 0 Å². The fourth-order valence-electron chi connectivity index (χ4n) is 2.60. The molecular formula is C12H21NO4S. The van der Waals surface area contributed by atoms with Crippen molar-refractivity contribution in [1.29, 1.82) is 0 Å². The second-order valence-electron chi connectivity index (χ2n) is 5.21. The summed E-state index contributed by atoms with van der Waals surface area (Å²) in [6, 6.07) is 0.162. The molecule has 5 nitrogen and oxygen atoms in total. The molecule has 1 saturated carbocycles. The average molecular weight is 275 g/mol. The quantitative estimate of drug-likeness (QED) is 0.817. The minimum Gasteiger partial charge on any atom is -0.380 e. The summed E-state index contributed by atoms with van der Waals surface area (Å²) in [6.45, 7) is 2.18. The summed E-state index contributed by atoms with van der Waals surface area (Å²) in [5.74, 6) is -0.353. The van der Waals surface area contributed by atoms with Crippen molar-refractivity contribution >= 4 is 15.7 Å². The van der Waals surface area contributed by atoms with E-state index in [9.17, 15) is 13.2 Å². The third kappa shape index (κ3) is 2.85. The molecule has 1 amide bonds. The minimum atomic E-state index is -3.42. The van der Waals surface area contributed by atoms with E-state index in [1.54, 1.807) is 0 Å². The minimum absolute atomic E-state index is 0.162. The number of carbonyl (C=O) groups is 1. The van der Waals surface area contributed by atoms with Gasteiger partial charge in [-0.15, -0.1) is 0 Å². The summed E-state index contributed by atoms with van der Waals surface area (Å²) in [5.41, 5.74) is 0. The van der Waals surface area contributed by atoms with Crippen LogP contribution in [0.3, 0.4) is 0 Å². The van der Waals surface area contributed by atoms with Crippen molar-refractivity contribution in [3.05, 3.63) is 0 Å². The van der Waals surface area contributed by atoms with Crippen LogP contribution >= 0.6 is 0 Å². The van der Waals surface area contributed by atoms with E-state index in [1.165, 1.54) is 6.92 Å². The highest BCUT2D eigenvalue weighted by molar-refractivity contribution is 7.93. The first kappa shape index (κ1) is 13.8. The molecule has 1 saturated heterocycles. The lowest BCUT2D eigenvalue weighted by molar-refractivity contribution is -0.121. The van der Waals surface area contributed by atoms with Crippen molar-refractivity contribution in [1.82, 2.24) is 5.32 Å². The highest BCUT2D eigenvalue weighted by atomic mass is 32.2. The highest BCUT2D eigenvalue weighted by Gasteiger charge is 2.38. The Balaban J connectivity index is 1.96. The van der Waals surface area contributed by atoms with Gasteiger partial charge in [-0.1, -0.05) is 12.8 Å². The summed E-state index contributed by atoms with van der Waals surface area (Å²) in [7, 11) is -3.42. The summed E-state index contributed by atoms with van der Waals surface area (Å²) < 4.78 is 29.5. The van der Waals surface area contributed by atoms with E-state index in [0.717, 1.165) is 25.7 Å². The van der Waals surface area contributed by atoms with E-state index >= 15 is 0 Å². The van der Waals surface area contributed by atoms with Crippen molar-refractivity contribution in [3.8, 4) is 0 Å². The Labute approximate surface area is 108 Å². The fourth-order valence-corrected chi connectivity index (χ4v) is 4.25. The maximum atomic E-state index is 12.2. The van der Waals surface area contributed by atoms with E-state index in [2.05, 4.69) is 5.32 Å². The van der Waals surface area contributed by atoms with E-state index in [4.69, 9.17) is 4.74 Å². The molecule has 0 aromatic carbocycles. The van der Waals surface area contributed by atoms with Gasteiger partial charge in [0.25, 0.3) is 0 Å². The number of hydrogen-bond donors (Lipinski definition) is 1. The van der Waals surface area contributed by atoms with Crippen LogP contribution in [0.5, 0.6) is 0 Å². The SMILES string of the molecule is CC(C(=O)NC1CCCC1)S(=O)(=O)C1CCOC1.